The SMILES string of the molecule is Bc1ccc(N=O)cc1CNC. The second kappa shape index (κ2) is 4.02. The Morgan fingerprint density at radius 2 is 2.33 bits per heavy atom. The van der Waals surface area contributed by atoms with E-state index in [9.17, 15) is 4.91 Å². The first-order valence-corrected chi connectivity index (χ1v) is 3.85. The van der Waals surface area contributed by atoms with Crippen molar-refractivity contribution < 1.29 is 0 Å². The highest BCUT2D eigenvalue weighted by atomic mass is 16.3. The van der Waals surface area contributed by atoms with E-state index in [4.69, 9.17) is 0 Å². The summed E-state index contributed by atoms with van der Waals surface area (Å²) < 4.78 is 0. The summed E-state index contributed by atoms with van der Waals surface area (Å²) in [5.74, 6) is 0. The van der Waals surface area contributed by atoms with Crippen molar-refractivity contribution in [3.8, 4) is 0 Å². The van der Waals surface area contributed by atoms with Crippen LogP contribution in [-0.4, -0.2) is 14.9 Å². The van der Waals surface area contributed by atoms with Gasteiger partial charge in [-0.15, -0.1) is 4.91 Å². The molecular formula is C8H11BN2O. The molecule has 0 unspecified atom stereocenters. The number of hydrogen-bond acceptors (Lipinski definition) is 3. The van der Waals surface area contributed by atoms with Gasteiger partial charge in [-0.05, 0) is 29.9 Å². The molecule has 0 spiro atoms. The third-order valence-corrected chi connectivity index (χ3v) is 1.81. The lowest BCUT2D eigenvalue weighted by molar-refractivity contribution is 0.822. The third-order valence-electron chi connectivity index (χ3n) is 1.81. The molecule has 0 bridgehead atoms. The summed E-state index contributed by atoms with van der Waals surface area (Å²) in [5.41, 5.74) is 2.79. The molecule has 62 valence electrons. The highest BCUT2D eigenvalue weighted by Gasteiger charge is 1.98. The van der Waals surface area contributed by atoms with Gasteiger partial charge in [0.25, 0.3) is 0 Å². The van der Waals surface area contributed by atoms with E-state index in [-0.39, 0.29) is 0 Å². The summed E-state index contributed by atoms with van der Waals surface area (Å²) in [6.45, 7) is 0.773. The predicted molar refractivity (Wildman–Crippen MR) is 52.8 cm³/mol. The molecule has 0 fully saturated rings. The molecule has 0 atom stereocenters. The van der Waals surface area contributed by atoms with Crippen LogP contribution in [0.25, 0.3) is 0 Å². The van der Waals surface area contributed by atoms with Crippen LogP contribution in [0.3, 0.4) is 0 Å². The third kappa shape index (κ3) is 1.92. The van der Waals surface area contributed by atoms with Crippen LogP contribution < -0.4 is 10.8 Å². The van der Waals surface area contributed by atoms with Gasteiger partial charge in [0, 0.05) is 6.54 Å². The Balaban J connectivity index is 2.99. The van der Waals surface area contributed by atoms with E-state index < -0.39 is 0 Å². The summed E-state index contributed by atoms with van der Waals surface area (Å²) in [7, 11) is 3.89. The van der Waals surface area contributed by atoms with Crippen molar-refractivity contribution in [2.45, 2.75) is 6.54 Å². The standard InChI is InChI=1S/C8H11BN2O/c1-10-5-6-4-7(11-12)2-3-8(6)9/h2-4,10H,5,9H2,1H3. The minimum atomic E-state index is 0.492. The second-order valence-electron chi connectivity index (χ2n) is 2.73. The van der Waals surface area contributed by atoms with Crippen LogP contribution in [0.5, 0.6) is 0 Å². The molecule has 0 heterocycles. The van der Waals surface area contributed by atoms with Crippen LogP contribution in [0.2, 0.25) is 0 Å². The molecule has 3 nitrogen and oxygen atoms in total. The maximum atomic E-state index is 10.2. The molecule has 12 heavy (non-hydrogen) atoms. The Kier molecular flexibility index (Phi) is 2.99. The summed E-state index contributed by atoms with van der Waals surface area (Å²) in [6, 6.07) is 5.43. The number of rotatable bonds is 3. The van der Waals surface area contributed by atoms with E-state index >= 15 is 0 Å². The molecule has 0 aliphatic carbocycles. The maximum Gasteiger partial charge on any atom is 0.139 e. The van der Waals surface area contributed by atoms with E-state index in [1.54, 1.807) is 12.1 Å². The van der Waals surface area contributed by atoms with Crippen LogP contribution in [-0.2, 0) is 6.54 Å². The zero-order valence-corrected chi connectivity index (χ0v) is 7.29. The lowest BCUT2D eigenvalue weighted by Crippen LogP contribution is -2.16. The summed E-state index contributed by atoms with van der Waals surface area (Å²) >= 11 is 0. The largest absolute Gasteiger partial charge is 0.316 e. The van der Waals surface area contributed by atoms with Gasteiger partial charge in [-0.3, -0.25) is 0 Å². The first-order valence-electron chi connectivity index (χ1n) is 3.85. The molecule has 0 amide bonds. The molecule has 0 saturated heterocycles. The first kappa shape index (κ1) is 8.94. The normalized spacial score (nSPS) is 9.75. The van der Waals surface area contributed by atoms with E-state index in [1.165, 1.54) is 5.46 Å². The molecule has 0 saturated carbocycles. The van der Waals surface area contributed by atoms with Crippen molar-refractivity contribution in [1.82, 2.24) is 5.32 Å². The molecule has 1 aromatic rings. The van der Waals surface area contributed by atoms with Gasteiger partial charge in [0.05, 0.1) is 0 Å². The van der Waals surface area contributed by atoms with Crippen molar-refractivity contribution in [3.05, 3.63) is 28.7 Å². The molecule has 1 N–H and O–H groups in total. The second-order valence-corrected chi connectivity index (χ2v) is 2.73. The van der Waals surface area contributed by atoms with Crippen LogP contribution in [0.1, 0.15) is 5.56 Å². The molecule has 0 radical (unpaired) electrons. The van der Waals surface area contributed by atoms with Crippen LogP contribution in [0, 0.1) is 4.91 Å². The fourth-order valence-corrected chi connectivity index (χ4v) is 1.10. The number of nitrogens with one attached hydrogen (secondary N) is 1. The highest BCUT2D eigenvalue weighted by Crippen LogP contribution is 2.11. The summed E-state index contributed by atoms with van der Waals surface area (Å²) in [4.78, 5) is 10.2. The highest BCUT2D eigenvalue weighted by molar-refractivity contribution is 6.33. The van der Waals surface area contributed by atoms with Crippen LogP contribution >= 0.6 is 0 Å². The topological polar surface area (TPSA) is 41.5 Å². The zero-order valence-electron chi connectivity index (χ0n) is 7.29. The van der Waals surface area contributed by atoms with E-state index in [1.807, 2.05) is 21.0 Å². The smallest absolute Gasteiger partial charge is 0.139 e. The Hall–Kier alpha value is -1.16. The monoisotopic (exact) mass is 162 g/mol. The number of nitrogens with zero attached hydrogens (tertiary/aromatic N) is 1. The first-order chi connectivity index (χ1) is 5.77. The predicted octanol–water partition coefficient (Wildman–Crippen LogP) is 0.0623. The lowest BCUT2D eigenvalue weighted by atomic mass is 9.90. The quantitative estimate of drug-likeness (QED) is 0.504. The zero-order chi connectivity index (χ0) is 8.97. The summed E-state index contributed by atoms with van der Waals surface area (Å²) in [5, 5.41) is 5.91. The fourth-order valence-electron chi connectivity index (χ4n) is 1.10. The Morgan fingerprint density at radius 1 is 1.58 bits per heavy atom. The molecule has 0 aromatic heterocycles. The summed E-state index contributed by atoms with van der Waals surface area (Å²) in [6.07, 6.45) is 0. The van der Waals surface area contributed by atoms with Gasteiger partial charge in [0.2, 0.25) is 0 Å². The number of benzene rings is 1. The van der Waals surface area contributed by atoms with Crippen LogP contribution in [0.15, 0.2) is 23.4 Å². The van der Waals surface area contributed by atoms with Gasteiger partial charge in [-0.1, -0.05) is 11.5 Å². The average Bonchev–Trinajstić information content (AvgIpc) is 2.09. The molecule has 0 aliphatic rings. The molecular weight excluding hydrogens is 151 g/mol. The van der Waals surface area contributed by atoms with Crippen molar-refractivity contribution in [2.24, 2.45) is 5.18 Å². The molecule has 1 aromatic carbocycles. The Morgan fingerprint density at radius 3 is 2.92 bits per heavy atom. The van der Waals surface area contributed by atoms with Gasteiger partial charge in [0.15, 0.2) is 0 Å². The fraction of sp³-hybridized carbons (Fsp3) is 0.250. The average molecular weight is 162 g/mol. The minimum absolute atomic E-state index is 0.492. The maximum absolute atomic E-state index is 10.2. The van der Waals surface area contributed by atoms with E-state index in [2.05, 4.69) is 10.5 Å². The number of hydrogen-bond donors (Lipinski definition) is 1. The van der Waals surface area contributed by atoms with Crippen molar-refractivity contribution in [3.63, 3.8) is 0 Å². The molecule has 4 heteroatoms. The van der Waals surface area contributed by atoms with Crippen molar-refractivity contribution in [1.29, 1.82) is 0 Å². The van der Waals surface area contributed by atoms with Gasteiger partial charge < -0.3 is 5.32 Å². The van der Waals surface area contributed by atoms with Gasteiger partial charge in [0.1, 0.15) is 13.5 Å². The van der Waals surface area contributed by atoms with Crippen LogP contribution in [0.4, 0.5) is 5.69 Å². The van der Waals surface area contributed by atoms with Crippen molar-refractivity contribution in [2.75, 3.05) is 7.05 Å². The molecule has 0 aliphatic heterocycles. The van der Waals surface area contributed by atoms with Gasteiger partial charge >= 0.3 is 0 Å². The van der Waals surface area contributed by atoms with Gasteiger partial charge in [-0.25, -0.2) is 0 Å². The van der Waals surface area contributed by atoms with E-state index in [0.717, 1.165) is 12.1 Å². The number of nitroso groups, excluding NO2 is 1. The van der Waals surface area contributed by atoms with Crippen molar-refractivity contribution >= 4 is 19.0 Å². The Bertz CT molecular complexity index is 288. The van der Waals surface area contributed by atoms with E-state index in [0.29, 0.717) is 5.69 Å². The molecule has 1 rings (SSSR count). The Labute approximate surface area is 72.6 Å². The van der Waals surface area contributed by atoms with Gasteiger partial charge in [-0.2, -0.15) is 0 Å². The lowest BCUT2D eigenvalue weighted by Gasteiger charge is -2.04. The minimum Gasteiger partial charge on any atom is -0.316 e.